The minimum atomic E-state index is -0.611. The van der Waals surface area contributed by atoms with Crippen molar-refractivity contribution < 1.29 is 9.59 Å². The van der Waals surface area contributed by atoms with Crippen LogP contribution in [-0.4, -0.2) is 26.6 Å². The number of nitrogens with zero attached hydrogens (tertiary/aromatic N) is 3. The van der Waals surface area contributed by atoms with Gasteiger partial charge in [-0.1, -0.05) is 67.9 Å². The van der Waals surface area contributed by atoms with E-state index in [0.29, 0.717) is 27.9 Å². The molecule has 0 aliphatic carbocycles. The third kappa shape index (κ3) is 5.75. The summed E-state index contributed by atoms with van der Waals surface area (Å²) in [5.41, 5.74) is 5.05. The third-order valence-corrected chi connectivity index (χ3v) is 6.35. The molecule has 178 valence electrons. The first-order valence-corrected chi connectivity index (χ1v) is 12.2. The van der Waals surface area contributed by atoms with E-state index >= 15 is 0 Å². The molecule has 0 spiro atoms. The Morgan fingerprint density at radius 1 is 0.886 bits per heavy atom. The molecule has 2 heterocycles. The van der Waals surface area contributed by atoms with E-state index in [-0.39, 0.29) is 11.3 Å². The maximum atomic E-state index is 13.0. The summed E-state index contributed by atoms with van der Waals surface area (Å²) in [4.78, 5) is 44.0. The lowest BCUT2D eigenvalue weighted by molar-refractivity contribution is 0.0841. The number of pyridine rings is 1. The summed E-state index contributed by atoms with van der Waals surface area (Å²) < 4.78 is 1.32. The van der Waals surface area contributed by atoms with Crippen molar-refractivity contribution >= 4 is 34.3 Å². The number of carbonyl (C=O) groups is 2. The van der Waals surface area contributed by atoms with Gasteiger partial charge in [-0.05, 0) is 36.8 Å². The lowest BCUT2D eigenvalue weighted by Crippen LogP contribution is -2.43. The predicted octanol–water partition coefficient (Wildman–Crippen LogP) is 4.21. The first-order valence-electron chi connectivity index (χ1n) is 11.4. The molecule has 8 nitrogen and oxygen atoms in total. The fourth-order valence-corrected chi connectivity index (χ4v) is 4.45. The summed E-state index contributed by atoms with van der Waals surface area (Å²) in [6.07, 6.45) is 4.34. The van der Waals surface area contributed by atoms with E-state index in [4.69, 9.17) is 0 Å². The molecular weight excluding hydrogens is 462 g/mol. The molecule has 2 aromatic heterocycles. The maximum absolute atomic E-state index is 13.0. The van der Waals surface area contributed by atoms with Crippen molar-refractivity contribution in [2.45, 2.75) is 42.7 Å². The molecule has 0 aliphatic heterocycles. The standard InChI is InChI=1S/C26H25N5O3S/c1-2-3-9-17-31-26(34)20-14-8-7-13-19(20)22(30-31)24(33)29-28-23(32)21-15-10-16-27-25(21)35-18-11-5-4-6-12-18/h4-8,10-16H,2-3,9,17H2,1H3,(H,28,32)(H,29,33). The van der Waals surface area contributed by atoms with Gasteiger partial charge >= 0.3 is 0 Å². The van der Waals surface area contributed by atoms with Crippen molar-refractivity contribution in [1.29, 1.82) is 0 Å². The van der Waals surface area contributed by atoms with Crippen LogP contribution in [-0.2, 0) is 6.54 Å². The third-order valence-electron chi connectivity index (χ3n) is 5.32. The normalized spacial score (nSPS) is 10.8. The quantitative estimate of drug-likeness (QED) is 0.285. The van der Waals surface area contributed by atoms with Gasteiger partial charge < -0.3 is 0 Å². The van der Waals surface area contributed by atoms with E-state index in [0.717, 1.165) is 24.2 Å². The van der Waals surface area contributed by atoms with Gasteiger partial charge in [0, 0.05) is 23.0 Å². The number of aromatic nitrogens is 3. The smallest absolute Gasteiger partial charge is 0.267 e. The van der Waals surface area contributed by atoms with E-state index in [9.17, 15) is 14.4 Å². The van der Waals surface area contributed by atoms with E-state index in [2.05, 4.69) is 27.9 Å². The number of benzene rings is 2. The second-order valence-corrected chi connectivity index (χ2v) is 8.87. The highest BCUT2D eigenvalue weighted by atomic mass is 32.2. The largest absolute Gasteiger partial charge is 0.290 e. The van der Waals surface area contributed by atoms with Crippen LogP contribution in [0.4, 0.5) is 0 Å². The first kappa shape index (κ1) is 24.2. The van der Waals surface area contributed by atoms with Crippen LogP contribution in [0.5, 0.6) is 0 Å². The molecule has 35 heavy (non-hydrogen) atoms. The minimum Gasteiger partial charge on any atom is -0.267 e. The van der Waals surface area contributed by atoms with E-state index in [1.807, 2.05) is 30.3 Å². The van der Waals surface area contributed by atoms with Crippen LogP contribution >= 0.6 is 11.8 Å². The summed E-state index contributed by atoms with van der Waals surface area (Å²) in [6, 6.07) is 19.7. The summed E-state index contributed by atoms with van der Waals surface area (Å²) in [6.45, 7) is 2.49. The summed E-state index contributed by atoms with van der Waals surface area (Å²) >= 11 is 1.35. The Hall–Kier alpha value is -3.98. The zero-order valence-electron chi connectivity index (χ0n) is 19.2. The van der Waals surface area contributed by atoms with Gasteiger partial charge in [-0.3, -0.25) is 25.2 Å². The molecule has 0 bridgehead atoms. The molecule has 0 unspecified atom stereocenters. The van der Waals surface area contributed by atoms with Crippen molar-refractivity contribution in [3.05, 3.63) is 94.5 Å². The molecule has 0 atom stereocenters. The fraction of sp³-hybridized carbons (Fsp3) is 0.192. The number of amides is 2. The zero-order chi connectivity index (χ0) is 24.6. The summed E-state index contributed by atoms with van der Waals surface area (Å²) in [7, 11) is 0. The van der Waals surface area contributed by atoms with Crippen LogP contribution in [0.1, 0.15) is 47.0 Å². The van der Waals surface area contributed by atoms with E-state index < -0.39 is 11.8 Å². The number of nitrogens with one attached hydrogen (secondary N) is 2. The van der Waals surface area contributed by atoms with Crippen molar-refractivity contribution in [2.24, 2.45) is 0 Å². The molecule has 0 fully saturated rings. The SMILES string of the molecule is CCCCCn1nc(C(=O)NNC(=O)c2cccnc2Sc2ccccc2)c2ccccc2c1=O. The monoisotopic (exact) mass is 487 g/mol. The second kappa shape index (κ2) is 11.4. The summed E-state index contributed by atoms with van der Waals surface area (Å²) in [5.74, 6) is -1.12. The van der Waals surface area contributed by atoms with Crippen molar-refractivity contribution in [1.82, 2.24) is 25.6 Å². The molecule has 4 rings (SSSR count). The molecule has 0 aliphatic rings. The fourth-order valence-electron chi connectivity index (χ4n) is 3.55. The van der Waals surface area contributed by atoms with E-state index in [1.165, 1.54) is 16.4 Å². The average Bonchev–Trinajstić information content (AvgIpc) is 2.89. The molecule has 0 saturated carbocycles. The van der Waals surface area contributed by atoms with Gasteiger partial charge in [-0.2, -0.15) is 5.10 Å². The van der Waals surface area contributed by atoms with Crippen molar-refractivity contribution in [3.63, 3.8) is 0 Å². The number of rotatable bonds is 8. The van der Waals surface area contributed by atoms with Crippen LogP contribution in [0.25, 0.3) is 10.8 Å². The number of hydrogen-bond acceptors (Lipinski definition) is 6. The Morgan fingerprint density at radius 3 is 2.37 bits per heavy atom. The van der Waals surface area contributed by atoms with Gasteiger partial charge in [0.1, 0.15) is 5.03 Å². The van der Waals surface area contributed by atoms with Gasteiger partial charge in [0.2, 0.25) is 0 Å². The number of carbonyl (C=O) groups excluding carboxylic acids is 2. The molecule has 2 N–H and O–H groups in total. The first-order chi connectivity index (χ1) is 17.1. The molecular formula is C26H25N5O3S. The highest BCUT2D eigenvalue weighted by molar-refractivity contribution is 7.99. The number of hydrazine groups is 1. The Balaban J connectivity index is 1.54. The number of unbranched alkanes of at least 4 members (excludes halogenated alkanes) is 2. The van der Waals surface area contributed by atoms with Crippen LogP contribution in [0.15, 0.2) is 87.6 Å². The van der Waals surface area contributed by atoms with Gasteiger partial charge in [0.05, 0.1) is 10.9 Å². The van der Waals surface area contributed by atoms with Gasteiger partial charge in [-0.25, -0.2) is 9.67 Å². The number of aryl methyl sites for hydroxylation is 1. The Labute approximate surface area is 206 Å². The van der Waals surface area contributed by atoms with Crippen LogP contribution in [0, 0.1) is 0 Å². The Morgan fingerprint density at radius 2 is 1.60 bits per heavy atom. The molecule has 2 aromatic carbocycles. The lowest BCUT2D eigenvalue weighted by atomic mass is 10.1. The Kier molecular flexibility index (Phi) is 7.89. The summed E-state index contributed by atoms with van der Waals surface area (Å²) in [5, 5.41) is 5.67. The maximum Gasteiger partial charge on any atom is 0.290 e. The highest BCUT2D eigenvalue weighted by Crippen LogP contribution is 2.28. The number of hydrogen-bond donors (Lipinski definition) is 2. The highest BCUT2D eigenvalue weighted by Gasteiger charge is 2.19. The lowest BCUT2D eigenvalue weighted by Gasteiger charge is -2.12. The zero-order valence-corrected chi connectivity index (χ0v) is 20.0. The van der Waals surface area contributed by atoms with Crippen molar-refractivity contribution in [2.75, 3.05) is 0 Å². The molecule has 2 amide bonds. The topological polar surface area (TPSA) is 106 Å². The predicted molar refractivity (Wildman–Crippen MR) is 135 cm³/mol. The second-order valence-electron chi connectivity index (χ2n) is 7.81. The Bertz CT molecular complexity index is 1410. The van der Waals surface area contributed by atoms with Gasteiger partial charge in [0.25, 0.3) is 17.4 Å². The molecule has 0 saturated heterocycles. The number of fused-ring (bicyclic) bond motifs is 1. The molecule has 4 aromatic rings. The molecule has 9 heteroatoms. The van der Waals surface area contributed by atoms with Gasteiger partial charge in [-0.15, -0.1) is 0 Å². The van der Waals surface area contributed by atoms with Gasteiger partial charge in [0.15, 0.2) is 5.69 Å². The van der Waals surface area contributed by atoms with Crippen LogP contribution in [0.3, 0.4) is 0 Å². The van der Waals surface area contributed by atoms with Crippen LogP contribution < -0.4 is 16.4 Å². The minimum absolute atomic E-state index is 0.0714. The van der Waals surface area contributed by atoms with Crippen LogP contribution in [0.2, 0.25) is 0 Å². The van der Waals surface area contributed by atoms with Crippen molar-refractivity contribution in [3.8, 4) is 0 Å². The average molecular weight is 488 g/mol. The molecule has 0 radical (unpaired) electrons. The van der Waals surface area contributed by atoms with E-state index in [1.54, 1.807) is 42.6 Å².